The molecule has 0 amide bonds. The normalized spacial score (nSPS) is 0. The van der Waals surface area contributed by atoms with Gasteiger partial charge in [-0.15, -0.1) is 0 Å². The first-order valence-electron chi connectivity index (χ1n) is 0. The predicted octanol–water partition coefficient (Wildman–Crippen LogP) is -9.37. The Hall–Kier alpha value is 1.67. The summed E-state index contributed by atoms with van der Waals surface area (Å²) in [7, 11) is 0. The van der Waals surface area contributed by atoms with Crippen molar-refractivity contribution in [1.29, 1.82) is 0 Å². The van der Waals surface area contributed by atoms with Gasteiger partial charge in [0.25, 0.3) is 0 Å². The van der Waals surface area contributed by atoms with E-state index in [2.05, 4.69) is 0 Å². The van der Waals surface area contributed by atoms with Gasteiger partial charge in [0.1, 0.15) is 0 Å². The van der Waals surface area contributed by atoms with Gasteiger partial charge in [-0.05, 0) is 0 Å². The van der Waals surface area contributed by atoms with Gasteiger partial charge in [-0.1, -0.05) is 0 Å². The monoisotopic (exact) mass is 225 g/mol. The van der Waals surface area contributed by atoms with E-state index in [-0.39, 0.29) is 61.1 Å². The van der Waals surface area contributed by atoms with Crippen LogP contribution < -0.4 is 37.2 Å². The second-order valence-corrected chi connectivity index (χ2v) is 0. The molecule has 0 heterocycles. The second-order valence-electron chi connectivity index (χ2n) is 0. The Bertz CT molecular complexity index is 3.25. The fraction of sp³-hybridized carbons (Fsp3) is 0. The standard InChI is InChI=1S/3ClH.Sn/h3*1H;/q;;;+3/p-3. The zero-order valence-electron chi connectivity index (χ0n) is 1.63. The summed E-state index contributed by atoms with van der Waals surface area (Å²) in [6.45, 7) is 0. The van der Waals surface area contributed by atoms with E-state index >= 15 is 0 Å². The molecule has 0 aliphatic carbocycles. The first-order valence-corrected chi connectivity index (χ1v) is 0. The van der Waals surface area contributed by atoms with Crippen LogP contribution in [0.4, 0.5) is 0 Å². The Morgan fingerprint density at radius 3 is 0.500 bits per heavy atom. The van der Waals surface area contributed by atoms with Crippen molar-refractivity contribution in [2.24, 2.45) is 0 Å². The summed E-state index contributed by atoms with van der Waals surface area (Å²) in [6.07, 6.45) is 0. The zero-order chi connectivity index (χ0) is 0. The third-order valence-electron chi connectivity index (χ3n) is 0. The van der Waals surface area contributed by atoms with E-state index in [0.717, 1.165) is 0 Å². The predicted molar refractivity (Wildman–Crippen MR) is 5.75 cm³/mol. The third-order valence-corrected chi connectivity index (χ3v) is 0. The number of hydrogen-bond donors (Lipinski definition) is 0. The topological polar surface area (TPSA) is 0 Å². The summed E-state index contributed by atoms with van der Waals surface area (Å²) in [5.41, 5.74) is 0. The van der Waals surface area contributed by atoms with E-state index in [4.69, 9.17) is 0 Å². The van der Waals surface area contributed by atoms with Crippen molar-refractivity contribution < 1.29 is 37.2 Å². The molecule has 0 fully saturated rings. The van der Waals surface area contributed by atoms with Crippen molar-refractivity contribution in [2.75, 3.05) is 0 Å². The summed E-state index contributed by atoms with van der Waals surface area (Å²) in [5, 5.41) is 0. The Morgan fingerprint density at radius 2 is 0.500 bits per heavy atom. The van der Waals surface area contributed by atoms with Gasteiger partial charge >= 0.3 is 23.9 Å². The summed E-state index contributed by atoms with van der Waals surface area (Å²) in [6, 6.07) is 0. The quantitative estimate of drug-likeness (QED) is 0.359. The van der Waals surface area contributed by atoms with Crippen LogP contribution in [0.25, 0.3) is 0 Å². The Morgan fingerprint density at radius 1 is 0.500 bits per heavy atom. The molecule has 0 aromatic heterocycles. The van der Waals surface area contributed by atoms with Crippen molar-refractivity contribution in [3.63, 3.8) is 0 Å². The van der Waals surface area contributed by atoms with Crippen LogP contribution >= 0.6 is 0 Å². The number of halogens is 3. The molecule has 0 bridgehead atoms. The maximum Gasteiger partial charge on any atom is 3.00 e. The number of rotatable bonds is 0. The van der Waals surface area contributed by atoms with E-state index in [1.807, 2.05) is 0 Å². The minimum atomic E-state index is 0. The zero-order valence-corrected chi connectivity index (χ0v) is 6.76. The molecule has 0 N–H and O–H groups in total. The Labute approximate surface area is 60.9 Å². The van der Waals surface area contributed by atoms with Crippen LogP contribution in [-0.4, -0.2) is 23.9 Å². The summed E-state index contributed by atoms with van der Waals surface area (Å²) >= 11 is 0. The molecular weight excluding hydrogens is 225 g/mol. The first kappa shape index (κ1) is 44.4. The average molecular weight is 225 g/mol. The van der Waals surface area contributed by atoms with Gasteiger partial charge in [0.15, 0.2) is 0 Å². The molecule has 4 heavy (non-hydrogen) atoms. The molecule has 4 heteroatoms. The number of hydrogen-bond acceptors (Lipinski definition) is 0. The molecule has 0 rings (SSSR count). The maximum atomic E-state index is 0. The molecular formula is Cl3Sn. The van der Waals surface area contributed by atoms with Crippen molar-refractivity contribution in [3.8, 4) is 0 Å². The smallest absolute Gasteiger partial charge is 1.00 e. The van der Waals surface area contributed by atoms with E-state index in [0.29, 0.717) is 0 Å². The molecule has 0 aliphatic heterocycles. The Balaban J connectivity index is 0. The van der Waals surface area contributed by atoms with E-state index < -0.39 is 0 Å². The van der Waals surface area contributed by atoms with Gasteiger partial charge in [0.2, 0.25) is 0 Å². The van der Waals surface area contributed by atoms with Crippen molar-refractivity contribution >= 4 is 23.9 Å². The van der Waals surface area contributed by atoms with E-state index in [1.165, 1.54) is 0 Å². The van der Waals surface area contributed by atoms with Gasteiger partial charge < -0.3 is 37.2 Å². The van der Waals surface area contributed by atoms with Crippen LogP contribution in [0.15, 0.2) is 0 Å². The van der Waals surface area contributed by atoms with Crippen molar-refractivity contribution in [1.82, 2.24) is 0 Å². The summed E-state index contributed by atoms with van der Waals surface area (Å²) in [4.78, 5) is 0. The van der Waals surface area contributed by atoms with Crippen LogP contribution in [0.3, 0.4) is 0 Å². The average Bonchev–Trinajstić information content (AvgIpc) is 0. The minimum Gasteiger partial charge on any atom is -1.00 e. The van der Waals surface area contributed by atoms with E-state index in [9.17, 15) is 0 Å². The van der Waals surface area contributed by atoms with Gasteiger partial charge in [0, 0.05) is 0 Å². The molecule has 0 aromatic rings. The maximum absolute atomic E-state index is 0. The van der Waals surface area contributed by atoms with Crippen molar-refractivity contribution in [3.05, 3.63) is 0 Å². The van der Waals surface area contributed by atoms with Crippen LogP contribution in [0.5, 0.6) is 0 Å². The fourth-order valence-corrected chi connectivity index (χ4v) is 0. The first-order chi connectivity index (χ1) is 0. The molecule has 0 atom stereocenters. The van der Waals surface area contributed by atoms with Gasteiger partial charge in [0.05, 0.1) is 0 Å². The van der Waals surface area contributed by atoms with Gasteiger partial charge in [-0.25, -0.2) is 0 Å². The SMILES string of the molecule is [Cl-].[Cl-].[Cl-].[Sn+3]. The van der Waals surface area contributed by atoms with Crippen LogP contribution in [-0.2, 0) is 0 Å². The molecule has 0 spiro atoms. The van der Waals surface area contributed by atoms with E-state index in [1.54, 1.807) is 0 Å². The molecule has 0 unspecified atom stereocenters. The van der Waals surface area contributed by atoms with Gasteiger partial charge in [-0.3, -0.25) is 0 Å². The Kier molecular flexibility index (Phi) is 250. The van der Waals surface area contributed by atoms with Crippen LogP contribution in [0, 0.1) is 0 Å². The van der Waals surface area contributed by atoms with Crippen LogP contribution in [0.1, 0.15) is 0 Å². The summed E-state index contributed by atoms with van der Waals surface area (Å²) < 4.78 is 0. The summed E-state index contributed by atoms with van der Waals surface area (Å²) in [5.74, 6) is 0. The molecule has 0 aromatic carbocycles. The molecule has 0 aliphatic rings. The largest absolute Gasteiger partial charge is 3.00 e. The molecule has 0 saturated carbocycles. The molecule has 0 nitrogen and oxygen atoms in total. The molecule has 0 saturated heterocycles. The molecule has 25 valence electrons. The molecule has 1 radical (unpaired) electrons. The van der Waals surface area contributed by atoms with Crippen LogP contribution in [0.2, 0.25) is 0 Å². The third kappa shape index (κ3) is 9.38. The van der Waals surface area contributed by atoms with Crippen molar-refractivity contribution in [2.45, 2.75) is 0 Å². The van der Waals surface area contributed by atoms with Gasteiger partial charge in [-0.2, -0.15) is 0 Å². The second kappa shape index (κ2) is 22.6. The fourth-order valence-electron chi connectivity index (χ4n) is 0. The minimum absolute atomic E-state index is 0.